The normalized spacial score (nSPS) is 12.4. The van der Waals surface area contributed by atoms with E-state index < -0.39 is 22.0 Å². The van der Waals surface area contributed by atoms with Crippen LogP contribution in [-0.4, -0.2) is 32.3 Å². The van der Waals surface area contributed by atoms with Crippen molar-refractivity contribution >= 4 is 31.9 Å². The van der Waals surface area contributed by atoms with Crippen LogP contribution in [0.4, 0.5) is 0 Å². The van der Waals surface area contributed by atoms with Crippen molar-refractivity contribution in [1.82, 2.24) is 4.31 Å². The molecule has 148 valence electrons. The molecule has 2 rings (SSSR count). The summed E-state index contributed by atoms with van der Waals surface area (Å²) in [5, 5.41) is 0. The topological polar surface area (TPSA) is 63.7 Å². The number of hydrogen-bond acceptors (Lipinski definition) is 4. The van der Waals surface area contributed by atoms with Crippen LogP contribution in [-0.2, 0) is 19.6 Å². The summed E-state index contributed by atoms with van der Waals surface area (Å²) >= 11 is 3.45. The fourth-order valence-electron chi connectivity index (χ4n) is 2.77. The molecule has 0 aliphatic heterocycles. The first kappa shape index (κ1) is 22.1. The number of methoxy groups -OCH3 is 1. The lowest BCUT2D eigenvalue weighted by atomic mass is 10.00. The van der Waals surface area contributed by atoms with Crippen LogP contribution >= 0.6 is 15.9 Å². The largest absolute Gasteiger partial charge is 0.466 e. The van der Waals surface area contributed by atoms with Crippen molar-refractivity contribution in [2.24, 2.45) is 0 Å². The highest BCUT2D eigenvalue weighted by atomic mass is 79.9. The van der Waals surface area contributed by atoms with Gasteiger partial charge in [-0.2, -0.15) is 4.31 Å². The Morgan fingerprint density at radius 3 is 2.36 bits per heavy atom. The quantitative estimate of drug-likeness (QED) is 0.330. The molecule has 0 aliphatic rings. The second-order valence-electron chi connectivity index (χ2n) is 6.12. The first-order valence-corrected chi connectivity index (χ1v) is 10.7. The average Bonchev–Trinajstić information content (AvgIpc) is 2.68. The Labute approximate surface area is 174 Å². The van der Waals surface area contributed by atoms with Gasteiger partial charge in [-0.3, -0.25) is 0 Å². The molecule has 0 aliphatic carbocycles. The molecule has 0 saturated heterocycles. The fourth-order valence-corrected chi connectivity index (χ4v) is 4.84. The molecule has 0 amide bonds. The Bertz CT molecular complexity index is 984. The van der Waals surface area contributed by atoms with Crippen LogP contribution in [0.3, 0.4) is 0 Å². The summed E-state index contributed by atoms with van der Waals surface area (Å²) in [7, 11) is -2.73. The van der Waals surface area contributed by atoms with Crippen molar-refractivity contribution in [3.8, 4) is 0 Å². The maximum atomic E-state index is 13.4. The minimum Gasteiger partial charge on any atom is -0.466 e. The molecular weight excluding hydrogens is 442 g/mol. The highest BCUT2D eigenvalue weighted by Crippen LogP contribution is 2.36. The van der Waals surface area contributed by atoms with Crippen LogP contribution in [0.2, 0.25) is 0 Å². The van der Waals surface area contributed by atoms with Gasteiger partial charge in [0.2, 0.25) is 10.0 Å². The SMILES string of the molecule is C=CCN([C@@H](C(=C)C(=O)OC)c1ccccc1Br)S(=O)(=O)c1ccc(C)cc1. The maximum absolute atomic E-state index is 13.4. The monoisotopic (exact) mass is 463 g/mol. The minimum atomic E-state index is -3.96. The summed E-state index contributed by atoms with van der Waals surface area (Å²) < 4.78 is 33.6. The van der Waals surface area contributed by atoms with Crippen molar-refractivity contribution in [1.29, 1.82) is 0 Å². The van der Waals surface area contributed by atoms with E-state index in [0.717, 1.165) is 5.56 Å². The molecule has 0 aromatic heterocycles. The van der Waals surface area contributed by atoms with Crippen LogP contribution < -0.4 is 0 Å². The molecule has 0 radical (unpaired) electrons. The highest BCUT2D eigenvalue weighted by Gasteiger charge is 2.36. The molecule has 0 N–H and O–H groups in total. The van der Waals surface area contributed by atoms with E-state index in [1.54, 1.807) is 48.5 Å². The number of sulfonamides is 1. The smallest absolute Gasteiger partial charge is 0.335 e. The van der Waals surface area contributed by atoms with E-state index in [1.165, 1.54) is 17.5 Å². The third-order valence-corrected chi connectivity index (χ3v) is 6.77. The number of carbonyl (C=O) groups excluding carboxylic acids is 1. The van der Waals surface area contributed by atoms with Crippen molar-refractivity contribution in [2.45, 2.75) is 17.9 Å². The summed E-state index contributed by atoms with van der Waals surface area (Å²) in [4.78, 5) is 12.4. The molecule has 0 bridgehead atoms. The summed E-state index contributed by atoms with van der Waals surface area (Å²) in [6.07, 6.45) is 1.47. The Balaban J connectivity index is 2.69. The number of carbonyl (C=O) groups is 1. The van der Waals surface area contributed by atoms with E-state index in [-0.39, 0.29) is 17.0 Å². The van der Waals surface area contributed by atoms with E-state index in [1.807, 2.05) is 6.92 Å². The number of benzene rings is 2. The average molecular weight is 464 g/mol. The predicted molar refractivity (Wildman–Crippen MR) is 113 cm³/mol. The number of nitrogens with zero attached hydrogens (tertiary/aromatic N) is 1. The number of halogens is 1. The van der Waals surface area contributed by atoms with Crippen molar-refractivity contribution in [2.75, 3.05) is 13.7 Å². The number of hydrogen-bond donors (Lipinski definition) is 0. The number of aryl methyl sites for hydroxylation is 1. The van der Waals surface area contributed by atoms with Crippen molar-refractivity contribution in [3.05, 3.63) is 88.9 Å². The van der Waals surface area contributed by atoms with Gasteiger partial charge in [0.25, 0.3) is 0 Å². The van der Waals surface area contributed by atoms with E-state index >= 15 is 0 Å². The molecule has 0 heterocycles. The zero-order valence-corrected chi connectivity index (χ0v) is 18.2. The zero-order chi connectivity index (χ0) is 20.9. The van der Waals surface area contributed by atoms with E-state index in [4.69, 9.17) is 4.74 Å². The Morgan fingerprint density at radius 2 is 1.82 bits per heavy atom. The Kier molecular flexibility index (Phi) is 7.35. The third-order valence-electron chi connectivity index (χ3n) is 4.20. The van der Waals surface area contributed by atoms with Crippen LogP contribution in [0.5, 0.6) is 0 Å². The molecule has 0 unspecified atom stereocenters. The summed E-state index contributed by atoms with van der Waals surface area (Å²) in [5.74, 6) is -0.686. The van der Waals surface area contributed by atoms with Gasteiger partial charge in [-0.05, 0) is 30.7 Å². The molecular formula is C21H22BrNO4S. The second-order valence-corrected chi connectivity index (χ2v) is 8.86. The van der Waals surface area contributed by atoms with Gasteiger partial charge >= 0.3 is 5.97 Å². The molecule has 28 heavy (non-hydrogen) atoms. The minimum absolute atomic E-state index is 0.00642. The summed E-state index contributed by atoms with van der Waals surface area (Å²) in [6.45, 7) is 9.37. The zero-order valence-electron chi connectivity index (χ0n) is 15.8. The molecule has 0 spiro atoms. The molecule has 0 fully saturated rings. The number of rotatable bonds is 8. The Hall–Kier alpha value is -2.22. The fraction of sp³-hybridized carbons (Fsp3) is 0.190. The van der Waals surface area contributed by atoms with Crippen molar-refractivity contribution in [3.63, 3.8) is 0 Å². The first-order chi connectivity index (χ1) is 13.2. The first-order valence-electron chi connectivity index (χ1n) is 8.45. The highest BCUT2D eigenvalue weighted by molar-refractivity contribution is 9.10. The molecule has 0 saturated carbocycles. The molecule has 2 aromatic carbocycles. The van der Waals surface area contributed by atoms with E-state index in [9.17, 15) is 13.2 Å². The van der Waals surface area contributed by atoms with Gasteiger partial charge in [-0.15, -0.1) is 6.58 Å². The van der Waals surface area contributed by atoms with Crippen LogP contribution in [0, 0.1) is 6.92 Å². The van der Waals surface area contributed by atoms with Gasteiger partial charge in [0, 0.05) is 11.0 Å². The molecule has 7 heteroatoms. The lowest BCUT2D eigenvalue weighted by molar-refractivity contribution is -0.136. The Morgan fingerprint density at radius 1 is 1.21 bits per heavy atom. The van der Waals surface area contributed by atoms with Gasteiger partial charge < -0.3 is 4.74 Å². The lowest BCUT2D eigenvalue weighted by Gasteiger charge is -2.31. The standard InChI is InChI=1S/C21H22BrNO4S/c1-5-14-23(28(25,26)17-12-10-15(2)11-13-17)20(16(3)21(24)27-4)18-8-6-7-9-19(18)22/h5-13,20H,1,3,14H2,2,4H3/t20-/m0/s1. The van der Waals surface area contributed by atoms with E-state index in [2.05, 4.69) is 29.1 Å². The molecule has 1 atom stereocenters. The predicted octanol–water partition coefficient (Wildman–Crippen LogP) is 4.40. The van der Waals surface area contributed by atoms with Crippen molar-refractivity contribution < 1.29 is 17.9 Å². The van der Waals surface area contributed by atoms with E-state index in [0.29, 0.717) is 10.0 Å². The van der Waals surface area contributed by atoms with Gasteiger partial charge in [-0.1, -0.05) is 64.5 Å². The van der Waals surface area contributed by atoms with Gasteiger partial charge in [-0.25, -0.2) is 13.2 Å². The lowest BCUT2D eigenvalue weighted by Crippen LogP contribution is -2.37. The van der Waals surface area contributed by atoms with Gasteiger partial charge in [0.05, 0.1) is 23.6 Å². The van der Waals surface area contributed by atoms with Crippen LogP contribution in [0.1, 0.15) is 17.2 Å². The summed E-state index contributed by atoms with van der Waals surface area (Å²) in [6, 6.07) is 12.6. The van der Waals surface area contributed by atoms with Gasteiger partial charge in [0.15, 0.2) is 0 Å². The molecule has 2 aromatic rings. The van der Waals surface area contributed by atoms with Crippen LogP contribution in [0.15, 0.2) is 82.7 Å². The van der Waals surface area contributed by atoms with Gasteiger partial charge in [0.1, 0.15) is 0 Å². The number of esters is 1. The third kappa shape index (κ3) is 4.60. The molecule has 5 nitrogen and oxygen atoms in total. The second kappa shape index (κ2) is 9.32. The number of ether oxygens (including phenoxy) is 1. The van der Waals surface area contributed by atoms with Crippen LogP contribution in [0.25, 0.3) is 0 Å². The maximum Gasteiger partial charge on any atom is 0.335 e. The summed E-state index contributed by atoms with van der Waals surface area (Å²) in [5.41, 5.74) is 1.53.